The highest BCUT2D eigenvalue weighted by atomic mass is 19.4. The number of hydrogen-bond donors (Lipinski definition) is 3. The smallest absolute Gasteiger partial charge is 0.475 e. The number of carbonyl (C=O) groups excluding carboxylic acids is 1. The third-order valence-corrected chi connectivity index (χ3v) is 4.70. The highest BCUT2D eigenvalue weighted by Gasteiger charge is 2.38. The van der Waals surface area contributed by atoms with Gasteiger partial charge in [0, 0.05) is 38.1 Å². The molecule has 1 atom stereocenters. The van der Waals surface area contributed by atoms with Crippen LogP contribution in [-0.4, -0.2) is 63.3 Å². The lowest BCUT2D eigenvalue weighted by molar-refractivity contribution is -0.192. The van der Waals surface area contributed by atoms with E-state index in [9.17, 15) is 18.0 Å². The molecular weight excluding hydrogens is 443 g/mol. The second-order valence-corrected chi connectivity index (χ2v) is 7.34. The van der Waals surface area contributed by atoms with Crippen LogP contribution in [-0.2, 0) is 17.9 Å². The number of carbonyl (C=O) groups is 2. The number of nitrogens with one attached hydrogen (secondary N) is 2. The molecule has 3 rings (SSSR count). The first-order valence-corrected chi connectivity index (χ1v) is 10.0. The summed E-state index contributed by atoms with van der Waals surface area (Å²) in [6, 6.07) is 8.85. The van der Waals surface area contributed by atoms with Gasteiger partial charge in [0.05, 0.1) is 17.3 Å². The van der Waals surface area contributed by atoms with Gasteiger partial charge in [-0.25, -0.2) is 9.59 Å². The molecule has 0 radical (unpaired) electrons. The number of rotatable bonds is 5. The van der Waals surface area contributed by atoms with Crippen molar-refractivity contribution in [3.63, 3.8) is 0 Å². The number of likely N-dealkylation sites (tertiary alicyclic amines) is 1. The van der Waals surface area contributed by atoms with Crippen molar-refractivity contribution in [2.24, 2.45) is 5.92 Å². The van der Waals surface area contributed by atoms with Gasteiger partial charge in [0.1, 0.15) is 0 Å². The Morgan fingerprint density at radius 3 is 2.55 bits per heavy atom. The summed E-state index contributed by atoms with van der Waals surface area (Å²) in [5, 5.41) is 30.2. The van der Waals surface area contributed by atoms with E-state index in [0.29, 0.717) is 30.3 Å². The fraction of sp³-hybridized carbons (Fsp3) is 0.450. The molecule has 2 aromatic rings. The molecular formula is C20H24F3N7O3. The summed E-state index contributed by atoms with van der Waals surface area (Å²) >= 11 is 0. The number of amides is 2. The molecule has 0 bridgehead atoms. The molecule has 33 heavy (non-hydrogen) atoms. The van der Waals surface area contributed by atoms with E-state index in [0.717, 1.165) is 31.6 Å². The normalized spacial score (nSPS) is 15.7. The van der Waals surface area contributed by atoms with Crippen LogP contribution in [0, 0.1) is 17.2 Å². The van der Waals surface area contributed by atoms with Crippen LogP contribution in [0.15, 0.2) is 30.5 Å². The van der Waals surface area contributed by atoms with Crippen LogP contribution in [0.1, 0.15) is 24.1 Å². The topological polar surface area (TPSA) is 136 Å². The number of alkyl halides is 3. The average molecular weight is 467 g/mol. The number of nitrogens with zero attached hydrogens (tertiary/aromatic N) is 5. The third-order valence-electron chi connectivity index (χ3n) is 4.70. The molecule has 2 heterocycles. The van der Waals surface area contributed by atoms with Crippen molar-refractivity contribution in [3.05, 3.63) is 41.7 Å². The van der Waals surface area contributed by atoms with Gasteiger partial charge in [0.25, 0.3) is 0 Å². The Kier molecular flexibility index (Phi) is 9.17. The molecule has 0 aliphatic carbocycles. The van der Waals surface area contributed by atoms with Crippen LogP contribution in [0.3, 0.4) is 0 Å². The Morgan fingerprint density at radius 1 is 1.30 bits per heavy atom. The number of carboxylic acids is 1. The molecule has 1 saturated heterocycles. The zero-order chi connectivity index (χ0) is 24.4. The van der Waals surface area contributed by atoms with Gasteiger partial charge in [-0.15, -0.1) is 5.10 Å². The Morgan fingerprint density at radius 2 is 1.97 bits per heavy atom. The van der Waals surface area contributed by atoms with Gasteiger partial charge in [0.2, 0.25) is 0 Å². The predicted molar refractivity (Wildman–Crippen MR) is 111 cm³/mol. The summed E-state index contributed by atoms with van der Waals surface area (Å²) in [6.07, 6.45) is -1.09. The molecule has 13 heteroatoms. The number of urea groups is 1. The van der Waals surface area contributed by atoms with Crippen molar-refractivity contribution >= 4 is 17.7 Å². The number of piperidine rings is 1. The summed E-state index contributed by atoms with van der Waals surface area (Å²) < 4.78 is 33.6. The quantitative estimate of drug-likeness (QED) is 0.614. The minimum Gasteiger partial charge on any atom is -0.475 e. The summed E-state index contributed by atoms with van der Waals surface area (Å²) in [7, 11) is 1.88. The third kappa shape index (κ3) is 8.41. The SMILES string of the molecule is CNCc1cn(CC2CCCN(C(=O)Nc3ccc(C#N)cc3)C2)nn1.O=C(O)C(F)(F)F. The maximum Gasteiger partial charge on any atom is 0.490 e. The number of benzene rings is 1. The highest BCUT2D eigenvalue weighted by molar-refractivity contribution is 5.89. The number of hydrogen-bond acceptors (Lipinski definition) is 6. The average Bonchev–Trinajstić information content (AvgIpc) is 3.21. The summed E-state index contributed by atoms with van der Waals surface area (Å²) in [5.41, 5.74) is 2.19. The number of aliphatic carboxylic acids is 1. The molecule has 1 aromatic carbocycles. The van der Waals surface area contributed by atoms with Gasteiger partial charge in [-0.05, 0) is 50.1 Å². The lowest BCUT2D eigenvalue weighted by Gasteiger charge is -2.32. The fourth-order valence-electron chi connectivity index (χ4n) is 3.18. The fourth-order valence-corrected chi connectivity index (χ4v) is 3.18. The molecule has 3 N–H and O–H groups in total. The zero-order valence-corrected chi connectivity index (χ0v) is 17.8. The van der Waals surface area contributed by atoms with Crippen LogP contribution in [0.4, 0.5) is 23.7 Å². The first kappa shape index (κ1) is 25.6. The minimum atomic E-state index is -5.08. The zero-order valence-electron chi connectivity index (χ0n) is 17.8. The molecule has 178 valence electrons. The van der Waals surface area contributed by atoms with Gasteiger partial charge < -0.3 is 20.6 Å². The minimum absolute atomic E-state index is 0.103. The standard InChI is InChI=1S/C18H23N7O.C2HF3O2/c1-20-10-17-13-25(23-22-17)12-15-3-2-8-24(11-15)18(26)21-16-6-4-14(9-19)5-7-16;3-2(4,5)1(6)7/h4-7,13,15,20H,2-3,8,10-12H2,1H3,(H,21,26);(H,6,7). The second-order valence-electron chi connectivity index (χ2n) is 7.34. The number of halogens is 3. The van der Waals surface area contributed by atoms with E-state index in [1.165, 1.54) is 0 Å². The van der Waals surface area contributed by atoms with E-state index in [2.05, 4.69) is 27.0 Å². The molecule has 1 aromatic heterocycles. The Labute approximate surface area is 188 Å². The predicted octanol–water partition coefficient (Wildman–Crippen LogP) is 2.45. The van der Waals surface area contributed by atoms with Crippen LogP contribution in [0.5, 0.6) is 0 Å². The number of nitriles is 1. The lowest BCUT2D eigenvalue weighted by Crippen LogP contribution is -2.43. The number of aromatic nitrogens is 3. The second kappa shape index (κ2) is 11.8. The van der Waals surface area contributed by atoms with Crippen molar-refractivity contribution in [1.29, 1.82) is 5.26 Å². The monoisotopic (exact) mass is 467 g/mol. The van der Waals surface area contributed by atoms with Crippen molar-refractivity contribution in [1.82, 2.24) is 25.2 Å². The Hall–Kier alpha value is -3.66. The summed E-state index contributed by atoms with van der Waals surface area (Å²) in [6.45, 7) is 2.91. The van der Waals surface area contributed by atoms with Crippen molar-refractivity contribution in [2.75, 3.05) is 25.5 Å². The molecule has 10 nitrogen and oxygen atoms in total. The lowest BCUT2D eigenvalue weighted by atomic mass is 9.98. The van der Waals surface area contributed by atoms with E-state index >= 15 is 0 Å². The van der Waals surface area contributed by atoms with Crippen LogP contribution in [0.25, 0.3) is 0 Å². The van der Waals surface area contributed by atoms with E-state index in [4.69, 9.17) is 15.2 Å². The molecule has 1 aliphatic rings. The van der Waals surface area contributed by atoms with E-state index < -0.39 is 12.1 Å². The van der Waals surface area contributed by atoms with Crippen molar-refractivity contribution in [2.45, 2.75) is 32.1 Å². The van der Waals surface area contributed by atoms with E-state index in [-0.39, 0.29) is 6.03 Å². The van der Waals surface area contributed by atoms with Crippen LogP contribution < -0.4 is 10.6 Å². The summed E-state index contributed by atoms with van der Waals surface area (Å²) in [5.74, 6) is -2.40. The van der Waals surface area contributed by atoms with Crippen molar-refractivity contribution in [3.8, 4) is 6.07 Å². The Balaban J connectivity index is 0.000000479. The van der Waals surface area contributed by atoms with Gasteiger partial charge in [-0.1, -0.05) is 5.21 Å². The molecule has 1 fully saturated rings. The van der Waals surface area contributed by atoms with E-state index in [1.807, 2.05) is 22.8 Å². The molecule has 1 unspecified atom stereocenters. The first-order valence-electron chi connectivity index (χ1n) is 10.0. The van der Waals surface area contributed by atoms with Gasteiger partial charge >= 0.3 is 18.2 Å². The Bertz CT molecular complexity index is 971. The van der Waals surface area contributed by atoms with Crippen LogP contribution >= 0.6 is 0 Å². The molecule has 0 saturated carbocycles. The largest absolute Gasteiger partial charge is 0.490 e. The van der Waals surface area contributed by atoms with Gasteiger partial charge in [0.15, 0.2) is 0 Å². The molecule has 1 aliphatic heterocycles. The van der Waals surface area contributed by atoms with Gasteiger partial charge in [-0.2, -0.15) is 18.4 Å². The molecule has 2 amide bonds. The maximum absolute atomic E-state index is 12.5. The van der Waals surface area contributed by atoms with Crippen molar-refractivity contribution < 1.29 is 27.9 Å². The maximum atomic E-state index is 12.5. The highest BCUT2D eigenvalue weighted by Crippen LogP contribution is 2.19. The number of anilines is 1. The number of carboxylic acid groups (broad SMARTS) is 1. The first-order chi connectivity index (χ1) is 15.6. The van der Waals surface area contributed by atoms with Crippen LogP contribution in [0.2, 0.25) is 0 Å². The molecule has 0 spiro atoms. The summed E-state index contributed by atoms with van der Waals surface area (Å²) in [4.78, 5) is 23.3. The van der Waals surface area contributed by atoms with E-state index in [1.54, 1.807) is 24.3 Å². The van der Waals surface area contributed by atoms with Gasteiger partial charge in [-0.3, -0.25) is 4.68 Å².